The molecule has 3 aromatic rings. The molecule has 0 atom stereocenters. The van der Waals surface area contributed by atoms with Crippen LogP contribution in [0.15, 0.2) is 36.4 Å². The first-order chi connectivity index (χ1) is 10.5. The first-order valence-electron chi connectivity index (χ1n) is 6.96. The average molecular weight is 295 g/mol. The summed E-state index contributed by atoms with van der Waals surface area (Å²) in [7, 11) is 1.76. The normalized spacial score (nSPS) is 10.9. The van der Waals surface area contributed by atoms with Gasteiger partial charge in [-0.2, -0.15) is 5.10 Å². The highest BCUT2D eigenvalue weighted by atomic mass is 16.3. The highest BCUT2D eigenvalue weighted by Gasteiger charge is 2.16. The van der Waals surface area contributed by atoms with Crippen LogP contribution in [0.3, 0.4) is 0 Å². The van der Waals surface area contributed by atoms with Gasteiger partial charge in [0.25, 0.3) is 0 Å². The molecule has 0 radical (unpaired) electrons. The number of aromatic hydroxyl groups is 2. The van der Waals surface area contributed by atoms with Gasteiger partial charge in [-0.3, -0.25) is 0 Å². The molecule has 0 fully saturated rings. The Hall–Kier alpha value is -2.82. The van der Waals surface area contributed by atoms with E-state index in [-0.39, 0.29) is 11.5 Å². The first kappa shape index (κ1) is 14.1. The zero-order chi connectivity index (χ0) is 15.9. The molecular weight excluding hydrogens is 278 g/mol. The molecule has 0 saturated carbocycles. The van der Waals surface area contributed by atoms with Crippen molar-refractivity contribution in [2.45, 2.75) is 13.8 Å². The maximum atomic E-state index is 10.1. The van der Waals surface area contributed by atoms with E-state index in [1.165, 1.54) is 0 Å². The Balaban J connectivity index is 2.15. The standard InChI is InChI=1S/C17H17N3O2/c1-10-4-6-14(21)12(8-10)16-18-17(20(3)19-16)13-9-11(2)5-7-15(13)22/h4-9,21-22H,1-3H3. The molecule has 1 aromatic heterocycles. The molecule has 0 aliphatic carbocycles. The quantitative estimate of drug-likeness (QED) is 0.761. The molecule has 0 aliphatic heterocycles. The minimum atomic E-state index is 0.135. The lowest BCUT2D eigenvalue weighted by Crippen LogP contribution is -1.95. The molecule has 2 aromatic carbocycles. The summed E-state index contributed by atoms with van der Waals surface area (Å²) in [5.41, 5.74) is 3.23. The summed E-state index contributed by atoms with van der Waals surface area (Å²) in [5.74, 6) is 1.27. The van der Waals surface area contributed by atoms with E-state index >= 15 is 0 Å². The minimum Gasteiger partial charge on any atom is -0.507 e. The predicted molar refractivity (Wildman–Crippen MR) is 84.7 cm³/mol. The zero-order valence-corrected chi connectivity index (χ0v) is 12.7. The molecule has 0 saturated heterocycles. The van der Waals surface area contributed by atoms with E-state index < -0.39 is 0 Å². The van der Waals surface area contributed by atoms with Crippen LogP contribution in [0, 0.1) is 13.8 Å². The smallest absolute Gasteiger partial charge is 0.185 e. The van der Waals surface area contributed by atoms with Crippen molar-refractivity contribution >= 4 is 0 Å². The molecule has 22 heavy (non-hydrogen) atoms. The highest BCUT2D eigenvalue weighted by molar-refractivity contribution is 5.70. The summed E-state index contributed by atoms with van der Waals surface area (Å²) >= 11 is 0. The lowest BCUT2D eigenvalue weighted by Gasteiger charge is -2.04. The lowest BCUT2D eigenvalue weighted by molar-refractivity contribution is 0.476. The lowest BCUT2D eigenvalue weighted by atomic mass is 10.1. The van der Waals surface area contributed by atoms with Crippen molar-refractivity contribution in [3.63, 3.8) is 0 Å². The summed E-state index contributed by atoms with van der Waals surface area (Å²) in [6.45, 7) is 3.89. The number of nitrogens with zero attached hydrogens (tertiary/aromatic N) is 3. The fourth-order valence-corrected chi connectivity index (χ4v) is 2.39. The third kappa shape index (κ3) is 2.41. The van der Waals surface area contributed by atoms with Crippen molar-refractivity contribution < 1.29 is 10.2 Å². The molecule has 0 amide bonds. The van der Waals surface area contributed by atoms with Crippen LogP contribution in [0.25, 0.3) is 22.8 Å². The number of aromatic nitrogens is 3. The molecule has 0 spiro atoms. The van der Waals surface area contributed by atoms with Crippen LogP contribution in [-0.2, 0) is 7.05 Å². The predicted octanol–water partition coefficient (Wildman–Crippen LogP) is 3.18. The summed E-state index contributed by atoms with van der Waals surface area (Å²) in [5, 5.41) is 24.4. The van der Waals surface area contributed by atoms with Gasteiger partial charge in [-0.15, -0.1) is 0 Å². The second kappa shape index (κ2) is 5.18. The number of benzene rings is 2. The SMILES string of the molecule is Cc1ccc(O)c(-c2nc(-c3cc(C)ccc3O)n(C)n2)c1. The number of phenols is 2. The van der Waals surface area contributed by atoms with Crippen LogP contribution in [-0.4, -0.2) is 25.0 Å². The largest absolute Gasteiger partial charge is 0.507 e. The van der Waals surface area contributed by atoms with Gasteiger partial charge in [0.05, 0.1) is 11.1 Å². The van der Waals surface area contributed by atoms with Crippen molar-refractivity contribution in [2.75, 3.05) is 0 Å². The number of aryl methyl sites for hydroxylation is 3. The Morgan fingerprint density at radius 3 is 2.05 bits per heavy atom. The third-order valence-corrected chi connectivity index (χ3v) is 3.55. The first-order valence-corrected chi connectivity index (χ1v) is 6.96. The van der Waals surface area contributed by atoms with E-state index in [2.05, 4.69) is 10.1 Å². The maximum Gasteiger partial charge on any atom is 0.185 e. The van der Waals surface area contributed by atoms with Crippen LogP contribution in [0.4, 0.5) is 0 Å². The van der Waals surface area contributed by atoms with Gasteiger partial charge < -0.3 is 10.2 Å². The van der Waals surface area contributed by atoms with Gasteiger partial charge in [-0.1, -0.05) is 23.3 Å². The number of hydrogen-bond acceptors (Lipinski definition) is 4. The van der Waals surface area contributed by atoms with Gasteiger partial charge >= 0.3 is 0 Å². The van der Waals surface area contributed by atoms with Crippen molar-refractivity contribution in [3.05, 3.63) is 47.5 Å². The summed E-state index contributed by atoms with van der Waals surface area (Å²) < 4.78 is 1.60. The molecule has 2 N–H and O–H groups in total. The van der Waals surface area contributed by atoms with Gasteiger partial charge in [0.15, 0.2) is 11.6 Å². The summed E-state index contributed by atoms with van der Waals surface area (Å²) in [4.78, 5) is 4.49. The van der Waals surface area contributed by atoms with E-state index in [0.717, 1.165) is 11.1 Å². The van der Waals surface area contributed by atoms with Gasteiger partial charge in [0.2, 0.25) is 0 Å². The van der Waals surface area contributed by atoms with Crippen LogP contribution in [0.2, 0.25) is 0 Å². The fourth-order valence-electron chi connectivity index (χ4n) is 2.39. The van der Waals surface area contributed by atoms with E-state index in [0.29, 0.717) is 22.8 Å². The van der Waals surface area contributed by atoms with Crippen LogP contribution < -0.4 is 0 Å². The van der Waals surface area contributed by atoms with Gasteiger partial charge in [0, 0.05) is 7.05 Å². The third-order valence-electron chi connectivity index (χ3n) is 3.55. The van der Waals surface area contributed by atoms with E-state index in [1.54, 1.807) is 23.9 Å². The molecule has 3 rings (SSSR count). The molecule has 112 valence electrons. The van der Waals surface area contributed by atoms with Crippen LogP contribution >= 0.6 is 0 Å². The monoisotopic (exact) mass is 295 g/mol. The van der Waals surface area contributed by atoms with Gasteiger partial charge in [0.1, 0.15) is 11.5 Å². The van der Waals surface area contributed by atoms with E-state index in [1.807, 2.05) is 38.1 Å². The van der Waals surface area contributed by atoms with E-state index in [4.69, 9.17) is 0 Å². The Kier molecular flexibility index (Phi) is 3.33. The molecular formula is C17H17N3O2. The summed E-state index contributed by atoms with van der Waals surface area (Å²) in [6.07, 6.45) is 0. The Bertz CT molecular complexity index is 853. The second-order valence-corrected chi connectivity index (χ2v) is 5.42. The molecule has 1 heterocycles. The van der Waals surface area contributed by atoms with Gasteiger partial charge in [-0.25, -0.2) is 9.67 Å². The Morgan fingerprint density at radius 2 is 1.41 bits per heavy atom. The second-order valence-electron chi connectivity index (χ2n) is 5.42. The average Bonchev–Trinajstić information content (AvgIpc) is 2.86. The molecule has 0 aliphatic rings. The molecule has 0 unspecified atom stereocenters. The minimum absolute atomic E-state index is 0.135. The molecule has 0 bridgehead atoms. The van der Waals surface area contributed by atoms with Crippen molar-refractivity contribution in [3.8, 4) is 34.3 Å². The molecule has 5 nitrogen and oxygen atoms in total. The van der Waals surface area contributed by atoms with E-state index in [9.17, 15) is 10.2 Å². The van der Waals surface area contributed by atoms with Crippen molar-refractivity contribution in [1.29, 1.82) is 0 Å². The van der Waals surface area contributed by atoms with Crippen molar-refractivity contribution in [1.82, 2.24) is 14.8 Å². The van der Waals surface area contributed by atoms with Crippen LogP contribution in [0.5, 0.6) is 11.5 Å². The zero-order valence-electron chi connectivity index (χ0n) is 12.7. The molecule has 5 heteroatoms. The maximum absolute atomic E-state index is 10.1. The summed E-state index contributed by atoms with van der Waals surface area (Å²) in [6, 6.07) is 10.6. The highest BCUT2D eigenvalue weighted by Crippen LogP contribution is 2.32. The Morgan fingerprint density at radius 1 is 0.864 bits per heavy atom. The Labute approximate surface area is 128 Å². The fraction of sp³-hybridized carbons (Fsp3) is 0.176. The number of rotatable bonds is 2. The topological polar surface area (TPSA) is 71.2 Å². The van der Waals surface area contributed by atoms with Gasteiger partial charge in [-0.05, 0) is 38.1 Å². The van der Waals surface area contributed by atoms with Crippen molar-refractivity contribution in [2.24, 2.45) is 7.05 Å². The number of hydrogen-bond donors (Lipinski definition) is 2. The number of phenolic OH excluding ortho intramolecular Hbond substituents is 2. The van der Waals surface area contributed by atoms with Crippen LogP contribution in [0.1, 0.15) is 11.1 Å².